The van der Waals surface area contributed by atoms with Crippen LogP contribution in [0, 0.1) is 24.8 Å². The number of hydrogen-bond donors (Lipinski definition) is 1. The van der Waals surface area contributed by atoms with Gasteiger partial charge in [0.15, 0.2) is 0 Å². The molecule has 0 amide bonds. The topological polar surface area (TPSA) is 49.2 Å². The molecule has 5 heteroatoms. The van der Waals surface area contributed by atoms with Gasteiger partial charge in [0, 0.05) is 49.5 Å². The maximum Gasteiger partial charge on any atom is 0.140 e. The summed E-state index contributed by atoms with van der Waals surface area (Å²) in [6, 6.07) is 37.9. The second kappa shape index (κ2) is 11.2. The summed E-state index contributed by atoms with van der Waals surface area (Å²) in [6.07, 6.45) is 1.85. The molecule has 6 aromatic rings. The van der Waals surface area contributed by atoms with Crippen LogP contribution in [0.3, 0.4) is 0 Å². The zero-order valence-electron chi connectivity index (χ0n) is 24.0. The number of aromatic hydroxyl groups is 1. The summed E-state index contributed by atoms with van der Waals surface area (Å²) in [4.78, 5) is 11.9. The van der Waals surface area contributed by atoms with Gasteiger partial charge in [-0.25, -0.2) is 4.98 Å². The van der Waals surface area contributed by atoms with Gasteiger partial charge in [-0.2, -0.15) is 0 Å². The van der Waals surface area contributed by atoms with Crippen LogP contribution in [0.25, 0.3) is 22.2 Å². The molecule has 7 rings (SSSR count). The Balaban J connectivity index is 0.00000329. The normalized spacial score (nSPS) is 12.9. The van der Waals surface area contributed by atoms with Crippen LogP contribution in [0.1, 0.15) is 41.7 Å². The van der Waals surface area contributed by atoms with E-state index in [9.17, 15) is 5.11 Å². The summed E-state index contributed by atoms with van der Waals surface area (Å²) in [5.41, 5.74) is 9.03. The van der Waals surface area contributed by atoms with Gasteiger partial charge in [-0.3, -0.25) is 4.98 Å². The number of pyridine rings is 2. The minimum absolute atomic E-state index is 0. The molecular formula is C38H28N3OPt-. The van der Waals surface area contributed by atoms with E-state index in [2.05, 4.69) is 86.0 Å². The molecule has 0 saturated heterocycles. The maximum absolute atomic E-state index is 10.8. The Bertz CT molecular complexity index is 2060. The standard InChI is InChI=1S/C38H28N3O.Pt/c1-25-20-21-39-36(22-25)41-33-14-8-7-13-30(33)38(2,3)31-19-18-28(24-34(31)41)32-23-27(17-16-26-10-5-4-6-11-26)29-12-9-15-35(42)37(29)40-32;/h4-15,18-23,42H,1-3H3;/q-1;. The van der Waals surface area contributed by atoms with Crippen LogP contribution in [-0.4, -0.2) is 15.1 Å². The molecule has 0 atom stereocenters. The van der Waals surface area contributed by atoms with Crippen molar-refractivity contribution < 1.29 is 26.2 Å². The zero-order chi connectivity index (χ0) is 28.8. The monoisotopic (exact) mass is 737 g/mol. The first-order valence-corrected chi connectivity index (χ1v) is 14.0. The summed E-state index contributed by atoms with van der Waals surface area (Å²) in [6.45, 7) is 6.58. The Hall–Kier alpha value is -4.71. The number of benzene rings is 4. The van der Waals surface area contributed by atoms with E-state index in [4.69, 9.17) is 9.97 Å². The summed E-state index contributed by atoms with van der Waals surface area (Å²) >= 11 is 0. The van der Waals surface area contributed by atoms with Gasteiger partial charge in [0.05, 0.1) is 0 Å². The summed E-state index contributed by atoms with van der Waals surface area (Å²) in [7, 11) is 0. The van der Waals surface area contributed by atoms with Crippen LogP contribution in [0.5, 0.6) is 5.75 Å². The Morgan fingerprint density at radius 1 is 0.814 bits per heavy atom. The van der Waals surface area contributed by atoms with Crippen molar-refractivity contribution in [3.63, 3.8) is 0 Å². The number of para-hydroxylation sites is 2. The van der Waals surface area contributed by atoms with Gasteiger partial charge in [-0.05, 0) is 71.2 Å². The molecular weight excluding hydrogens is 710 g/mol. The number of aryl methyl sites for hydroxylation is 1. The van der Waals surface area contributed by atoms with Gasteiger partial charge >= 0.3 is 0 Å². The SMILES string of the molecule is Cc1ccnc(N2c3[c-]c(-c4cc(C#Cc5ccccc5)c5cccc(O)c5n4)ccc3C(C)(C)c3ccccc32)c1.[Pt]. The molecule has 0 bridgehead atoms. The third kappa shape index (κ3) is 5.01. The van der Waals surface area contributed by atoms with Crippen molar-refractivity contribution in [1.29, 1.82) is 0 Å². The van der Waals surface area contributed by atoms with Crippen LogP contribution in [-0.2, 0) is 26.5 Å². The van der Waals surface area contributed by atoms with E-state index < -0.39 is 0 Å². The molecule has 0 fully saturated rings. The quantitative estimate of drug-likeness (QED) is 0.143. The van der Waals surface area contributed by atoms with E-state index in [1.807, 2.05) is 60.8 Å². The van der Waals surface area contributed by atoms with Crippen molar-refractivity contribution in [3.8, 4) is 28.8 Å². The molecule has 0 aliphatic carbocycles. The Morgan fingerprint density at radius 3 is 2.42 bits per heavy atom. The molecule has 4 nitrogen and oxygen atoms in total. The molecule has 0 saturated carbocycles. The third-order valence-corrected chi connectivity index (χ3v) is 7.98. The summed E-state index contributed by atoms with van der Waals surface area (Å²) < 4.78 is 0. The average Bonchev–Trinajstić information content (AvgIpc) is 3.01. The van der Waals surface area contributed by atoms with Crippen molar-refractivity contribution in [2.45, 2.75) is 26.2 Å². The predicted octanol–water partition coefficient (Wildman–Crippen LogP) is 8.62. The van der Waals surface area contributed by atoms with Crippen LogP contribution in [0.4, 0.5) is 17.2 Å². The van der Waals surface area contributed by atoms with Gasteiger partial charge in [-0.15, -0.1) is 23.8 Å². The first-order chi connectivity index (χ1) is 20.4. The predicted molar refractivity (Wildman–Crippen MR) is 169 cm³/mol. The van der Waals surface area contributed by atoms with E-state index >= 15 is 0 Å². The smallest absolute Gasteiger partial charge is 0.140 e. The van der Waals surface area contributed by atoms with E-state index in [1.54, 1.807) is 6.07 Å². The first-order valence-electron chi connectivity index (χ1n) is 14.0. The van der Waals surface area contributed by atoms with Crippen molar-refractivity contribution in [2.24, 2.45) is 0 Å². The zero-order valence-corrected chi connectivity index (χ0v) is 26.3. The van der Waals surface area contributed by atoms with E-state index in [-0.39, 0.29) is 32.2 Å². The Kier molecular flexibility index (Phi) is 7.38. The van der Waals surface area contributed by atoms with Crippen LogP contribution >= 0.6 is 0 Å². The van der Waals surface area contributed by atoms with Crippen LogP contribution in [0.2, 0.25) is 0 Å². The number of rotatable bonds is 2. The maximum atomic E-state index is 10.8. The minimum atomic E-state index is -0.247. The van der Waals surface area contributed by atoms with E-state index in [1.165, 1.54) is 5.56 Å². The van der Waals surface area contributed by atoms with Crippen molar-refractivity contribution >= 4 is 28.1 Å². The summed E-state index contributed by atoms with van der Waals surface area (Å²) in [5, 5.41) is 11.6. The van der Waals surface area contributed by atoms with Gasteiger partial charge in [-0.1, -0.05) is 85.8 Å². The largest absolute Gasteiger partial charge is 0.506 e. The fourth-order valence-corrected chi connectivity index (χ4v) is 5.79. The van der Waals surface area contributed by atoms with Crippen molar-refractivity contribution in [2.75, 3.05) is 4.90 Å². The molecule has 1 N–H and O–H groups in total. The van der Waals surface area contributed by atoms with Gasteiger partial charge < -0.3 is 10.0 Å². The molecule has 3 heterocycles. The molecule has 0 radical (unpaired) electrons. The minimum Gasteiger partial charge on any atom is -0.506 e. The van der Waals surface area contributed by atoms with Gasteiger partial charge in [0.25, 0.3) is 0 Å². The van der Waals surface area contributed by atoms with Crippen molar-refractivity contribution in [3.05, 3.63) is 143 Å². The molecule has 1 aliphatic heterocycles. The number of phenols is 1. The first kappa shape index (κ1) is 28.4. The average molecular weight is 738 g/mol. The van der Waals surface area contributed by atoms with Gasteiger partial charge in [0.1, 0.15) is 17.1 Å². The molecule has 2 aromatic heterocycles. The number of phenolic OH excluding ortho intramolecular Hbond substituents is 1. The molecule has 1 aliphatic rings. The number of hydrogen-bond acceptors (Lipinski definition) is 4. The van der Waals surface area contributed by atoms with Crippen LogP contribution in [0.15, 0.2) is 109 Å². The third-order valence-electron chi connectivity index (χ3n) is 7.98. The molecule has 4 aromatic carbocycles. The molecule has 0 spiro atoms. The van der Waals surface area contributed by atoms with Crippen molar-refractivity contribution in [1.82, 2.24) is 9.97 Å². The second-order valence-corrected chi connectivity index (χ2v) is 11.1. The van der Waals surface area contributed by atoms with Gasteiger partial charge in [0.2, 0.25) is 0 Å². The number of anilines is 3. The molecule has 212 valence electrons. The second-order valence-electron chi connectivity index (χ2n) is 11.1. The van der Waals surface area contributed by atoms with Crippen LogP contribution < -0.4 is 4.90 Å². The molecule has 0 unspecified atom stereocenters. The van der Waals surface area contributed by atoms with E-state index in [0.29, 0.717) is 11.2 Å². The Morgan fingerprint density at radius 2 is 1.60 bits per heavy atom. The number of fused-ring (bicyclic) bond motifs is 3. The molecule has 43 heavy (non-hydrogen) atoms. The number of nitrogens with zero attached hydrogens (tertiary/aromatic N) is 3. The Labute approximate surface area is 266 Å². The number of aromatic nitrogens is 2. The summed E-state index contributed by atoms with van der Waals surface area (Å²) in [5.74, 6) is 7.57. The fourth-order valence-electron chi connectivity index (χ4n) is 5.79. The van der Waals surface area contributed by atoms with E-state index in [0.717, 1.165) is 50.4 Å². The fraction of sp³-hybridized carbons (Fsp3) is 0.105.